The predicted octanol–water partition coefficient (Wildman–Crippen LogP) is 3.13. The van der Waals surface area contributed by atoms with Crippen LogP contribution in [0.3, 0.4) is 0 Å². The van der Waals surface area contributed by atoms with Gasteiger partial charge < -0.3 is 4.57 Å². The molecule has 0 unspecified atom stereocenters. The number of nitrogens with zero attached hydrogens (tertiary/aromatic N) is 2. The molecule has 0 spiro atoms. The average Bonchev–Trinajstić information content (AvgIpc) is 2.71. The third kappa shape index (κ3) is 1.62. The van der Waals surface area contributed by atoms with Gasteiger partial charge in [0.2, 0.25) is 0 Å². The summed E-state index contributed by atoms with van der Waals surface area (Å²) in [6, 6.07) is 9.73. The quantitative estimate of drug-likeness (QED) is 0.771. The van der Waals surface area contributed by atoms with Crippen molar-refractivity contribution in [3.63, 3.8) is 0 Å². The smallest absolute Gasteiger partial charge is 0.166 e. The first-order valence-corrected chi connectivity index (χ1v) is 6.31. The van der Waals surface area contributed by atoms with Crippen molar-refractivity contribution in [1.82, 2.24) is 4.57 Å². The first-order chi connectivity index (χ1) is 8.83. The lowest BCUT2D eigenvalue weighted by molar-refractivity contribution is 0.111. The normalized spacial score (nSPS) is 15.3. The molecule has 0 atom stereocenters. The number of carbonyl (C=O) groups is 1. The molecule has 1 aliphatic rings. The maximum atomic E-state index is 11.2. The highest BCUT2D eigenvalue weighted by Crippen LogP contribution is 2.31. The molecule has 1 heterocycles. The van der Waals surface area contributed by atoms with Gasteiger partial charge in [-0.1, -0.05) is 18.6 Å². The SMILES string of the molecule is N#Cc1cccc2cc(C=O)n(CC3CCC3)c12. The largest absolute Gasteiger partial charge is 0.337 e. The van der Waals surface area contributed by atoms with Crippen molar-refractivity contribution in [3.8, 4) is 6.07 Å². The van der Waals surface area contributed by atoms with Crippen LogP contribution in [-0.4, -0.2) is 10.9 Å². The van der Waals surface area contributed by atoms with Crippen molar-refractivity contribution in [2.24, 2.45) is 5.92 Å². The Balaban J connectivity index is 2.18. The van der Waals surface area contributed by atoms with Gasteiger partial charge in [-0.15, -0.1) is 0 Å². The number of aromatic nitrogens is 1. The van der Waals surface area contributed by atoms with E-state index in [1.165, 1.54) is 19.3 Å². The van der Waals surface area contributed by atoms with Crippen LogP contribution in [0.1, 0.15) is 35.3 Å². The van der Waals surface area contributed by atoms with Crippen LogP contribution in [0.5, 0.6) is 0 Å². The van der Waals surface area contributed by atoms with Gasteiger partial charge in [-0.25, -0.2) is 0 Å². The van der Waals surface area contributed by atoms with Gasteiger partial charge in [0, 0.05) is 11.9 Å². The summed E-state index contributed by atoms with van der Waals surface area (Å²) in [6.07, 6.45) is 4.63. The summed E-state index contributed by atoms with van der Waals surface area (Å²) in [5.74, 6) is 0.658. The number of carbonyl (C=O) groups excluding carboxylic acids is 1. The average molecular weight is 238 g/mol. The zero-order valence-corrected chi connectivity index (χ0v) is 10.1. The van der Waals surface area contributed by atoms with E-state index in [1.54, 1.807) is 0 Å². The van der Waals surface area contributed by atoms with Gasteiger partial charge in [-0.3, -0.25) is 4.79 Å². The molecule has 1 aliphatic carbocycles. The Morgan fingerprint density at radius 2 is 2.28 bits per heavy atom. The molecule has 0 radical (unpaired) electrons. The molecule has 0 bridgehead atoms. The zero-order chi connectivity index (χ0) is 12.5. The van der Waals surface area contributed by atoms with Gasteiger partial charge in [-0.05, 0) is 30.9 Å². The van der Waals surface area contributed by atoms with Crippen molar-refractivity contribution in [1.29, 1.82) is 5.26 Å². The molecule has 3 nitrogen and oxygen atoms in total. The maximum Gasteiger partial charge on any atom is 0.166 e. The van der Waals surface area contributed by atoms with Crippen LogP contribution in [0, 0.1) is 17.2 Å². The molecular formula is C15H14N2O. The summed E-state index contributed by atoms with van der Waals surface area (Å²) in [6.45, 7) is 0.857. The minimum atomic E-state index is 0.653. The standard InChI is InChI=1S/C15H14N2O/c16-8-13-6-2-5-12-7-14(10-18)17(15(12)13)9-11-3-1-4-11/h2,5-7,10-11H,1,3-4,9H2. The minimum absolute atomic E-state index is 0.653. The third-order valence-corrected chi connectivity index (χ3v) is 3.86. The van der Waals surface area contributed by atoms with Gasteiger partial charge in [0.25, 0.3) is 0 Å². The number of para-hydroxylation sites is 1. The van der Waals surface area contributed by atoms with Crippen LogP contribution in [-0.2, 0) is 6.54 Å². The number of aldehydes is 1. The molecule has 0 N–H and O–H groups in total. The number of rotatable bonds is 3. The number of benzene rings is 1. The second-order valence-electron chi connectivity index (χ2n) is 4.95. The second kappa shape index (κ2) is 4.30. The fraction of sp³-hybridized carbons (Fsp3) is 0.333. The minimum Gasteiger partial charge on any atom is -0.337 e. The molecule has 1 aromatic heterocycles. The van der Waals surface area contributed by atoms with Crippen molar-refractivity contribution in [3.05, 3.63) is 35.5 Å². The highest BCUT2D eigenvalue weighted by Gasteiger charge is 2.21. The summed E-state index contributed by atoms with van der Waals surface area (Å²) in [7, 11) is 0. The van der Waals surface area contributed by atoms with E-state index in [9.17, 15) is 10.1 Å². The molecule has 0 saturated heterocycles. The molecule has 2 aromatic rings. The summed E-state index contributed by atoms with van der Waals surface area (Å²) < 4.78 is 2.02. The van der Waals surface area contributed by atoms with E-state index in [4.69, 9.17) is 0 Å². The molecule has 1 saturated carbocycles. The van der Waals surface area contributed by atoms with Crippen LogP contribution >= 0.6 is 0 Å². The van der Waals surface area contributed by atoms with E-state index < -0.39 is 0 Å². The molecule has 18 heavy (non-hydrogen) atoms. The fourth-order valence-electron chi connectivity index (χ4n) is 2.66. The summed E-state index contributed by atoms with van der Waals surface area (Å²) >= 11 is 0. The van der Waals surface area contributed by atoms with Crippen LogP contribution in [0.25, 0.3) is 10.9 Å². The van der Waals surface area contributed by atoms with Gasteiger partial charge in [-0.2, -0.15) is 5.26 Å². The Hall–Kier alpha value is -2.08. The second-order valence-corrected chi connectivity index (χ2v) is 4.95. The highest BCUT2D eigenvalue weighted by atomic mass is 16.1. The van der Waals surface area contributed by atoms with Crippen LogP contribution in [0.15, 0.2) is 24.3 Å². The molecule has 90 valence electrons. The Morgan fingerprint density at radius 1 is 1.44 bits per heavy atom. The zero-order valence-electron chi connectivity index (χ0n) is 10.1. The number of hydrogen-bond acceptors (Lipinski definition) is 2. The van der Waals surface area contributed by atoms with Gasteiger partial charge in [0.15, 0.2) is 6.29 Å². The van der Waals surface area contributed by atoms with Crippen molar-refractivity contribution in [2.75, 3.05) is 0 Å². The van der Waals surface area contributed by atoms with E-state index in [1.807, 2.05) is 28.8 Å². The van der Waals surface area contributed by atoms with Crippen LogP contribution in [0.4, 0.5) is 0 Å². The Labute approximate surface area is 106 Å². The van der Waals surface area contributed by atoms with Gasteiger partial charge in [0.05, 0.1) is 16.8 Å². The summed E-state index contributed by atoms with van der Waals surface area (Å²) in [4.78, 5) is 11.2. The topological polar surface area (TPSA) is 45.8 Å². The van der Waals surface area contributed by atoms with Crippen molar-refractivity contribution in [2.45, 2.75) is 25.8 Å². The monoisotopic (exact) mass is 238 g/mol. The van der Waals surface area contributed by atoms with Crippen LogP contribution in [0.2, 0.25) is 0 Å². The van der Waals surface area contributed by atoms with E-state index in [-0.39, 0.29) is 0 Å². The number of nitriles is 1. The molecular weight excluding hydrogens is 224 g/mol. The van der Waals surface area contributed by atoms with E-state index in [2.05, 4.69) is 6.07 Å². The maximum absolute atomic E-state index is 11.2. The molecule has 1 aromatic carbocycles. The number of fused-ring (bicyclic) bond motifs is 1. The Kier molecular flexibility index (Phi) is 2.64. The predicted molar refractivity (Wildman–Crippen MR) is 69.4 cm³/mol. The fourth-order valence-corrected chi connectivity index (χ4v) is 2.66. The molecule has 0 aliphatic heterocycles. The van der Waals surface area contributed by atoms with Gasteiger partial charge >= 0.3 is 0 Å². The summed E-state index contributed by atoms with van der Waals surface area (Å²) in [5, 5.41) is 10.2. The highest BCUT2D eigenvalue weighted by molar-refractivity contribution is 5.92. The Bertz CT molecular complexity index is 644. The molecule has 3 heteroatoms. The Morgan fingerprint density at radius 3 is 2.89 bits per heavy atom. The van der Waals surface area contributed by atoms with E-state index in [0.717, 1.165) is 23.7 Å². The lowest BCUT2D eigenvalue weighted by atomic mass is 9.85. The van der Waals surface area contributed by atoms with E-state index >= 15 is 0 Å². The molecule has 1 fully saturated rings. The number of hydrogen-bond donors (Lipinski definition) is 0. The van der Waals surface area contributed by atoms with Crippen LogP contribution < -0.4 is 0 Å². The molecule has 3 rings (SSSR count). The lowest BCUT2D eigenvalue weighted by Gasteiger charge is -2.26. The van der Waals surface area contributed by atoms with Crippen molar-refractivity contribution < 1.29 is 4.79 Å². The van der Waals surface area contributed by atoms with Gasteiger partial charge in [0.1, 0.15) is 6.07 Å². The first-order valence-electron chi connectivity index (χ1n) is 6.31. The third-order valence-electron chi connectivity index (χ3n) is 3.86. The molecule has 0 amide bonds. The lowest BCUT2D eigenvalue weighted by Crippen LogP contribution is -2.19. The first kappa shape index (κ1) is 11.0. The van der Waals surface area contributed by atoms with Crippen molar-refractivity contribution >= 4 is 17.2 Å². The summed E-state index contributed by atoms with van der Waals surface area (Å²) in [5.41, 5.74) is 2.24. The van der Waals surface area contributed by atoms with E-state index in [0.29, 0.717) is 17.2 Å².